The van der Waals surface area contributed by atoms with E-state index in [1.54, 1.807) is 7.05 Å². The average molecular weight is 435 g/mol. The standard InChI is InChI=1S/C15H21N3S2.HI/c1-4-12-7-8-14(20-12)10-18-15(16-3)17-9-13-6-5-11(2)19-13;/h5-8H,4,9-10H2,1-3H3,(H2,16,17,18);1H. The highest BCUT2D eigenvalue weighted by atomic mass is 127. The van der Waals surface area contributed by atoms with E-state index in [9.17, 15) is 0 Å². The predicted molar refractivity (Wildman–Crippen MR) is 105 cm³/mol. The molecule has 116 valence electrons. The lowest BCUT2D eigenvalue weighted by molar-refractivity contribution is 0.822. The van der Waals surface area contributed by atoms with Gasteiger partial charge >= 0.3 is 0 Å². The third-order valence-electron chi connectivity index (χ3n) is 2.95. The maximum absolute atomic E-state index is 4.26. The monoisotopic (exact) mass is 435 g/mol. The molecule has 0 unspecified atom stereocenters. The number of thiophene rings is 2. The lowest BCUT2D eigenvalue weighted by Gasteiger charge is -2.10. The normalized spacial score (nSPS) is 11.1. The van der Waals surface area contributed by atoms with Gasteiger partial charge in [0.2, 0.25) is 0 Å². The molecule has 3 nitrogen and oxygen atoms in total. The molecule has 0 aliphatic carbocycles. The van der Waals surface area contributed by atoms with Crippen molar-refractivity contribution in [2.24, 2.45) is 4.99 Å². The van der Waals surface area contributed by atoms with Crippen molar-refractivity contribution in [3.8, 4) is 0 Å². The Labute approximate surface area is 151 Å². The lowest BCUT2D eigenvalue weighted by Crippen LogP contribution is -2.35. The third kappa shape index (κ3) is 5.96. The number of halogens is 1. The Kier molecular flexibility index (Phi) is 8.28. The van der Waals surface area contributed by atoms with Crippen molar-refractivity contribution in [2.75, 3.05) is 7.05 Å². The quantitative estimate of drug-likeness (QED) is 0.420. The van der Waals surface area contributed by atoms with E-state index in [1.165, 1.54) is 19.5 Å². The minimum absolute atomic E-state index is 0. The molecule has 0 atom stereocenters. The Morgan fingerprint density at radius 2 is 1.57 bits per heavy atom. The third-order valence-corrected chi connectivity index (χ3v) is 5.18. The molecule has 2 heterocycles. The first-order valence-corrected chi connectivity index (χ1v) is 8.42. The summed E-state index contributed by atoms with van der Waals surface area (Å²) in [5, 5.41) is 6.70. The number of aryl methyl sites for hydroxylation is 2. The molecule has 2 aromatic rings. The second kappa shape index (κ2) is 9.42. The van der Waals surface area contributed by atoms with Crippen LogP contribution < -0.4 is 10.6 Å². The van der Waals surface area contributed by atoms with Crippen molar-refractivity contribution >= 4 is 52.6 Å². The highest BCUT2D eigenvalue weighted by Crippen LogP contribution is 2.16. The minimum atomic E-state index is 0. The fourth-order valence-corrected chi connectivity index (χ4v) is 3.58. The van der Waals surface area contributed by atoms with Crippen molar-refractivity contribution in [1.29, 1.82) is 0 Å². The molecule has 21 heavy (non-hydrogen) atoms. The zero-order valence-corrected chi connectivity index (χ0v) is 16.6. The largest absolute Gasteiger partial charge is 0.352 e. The van der Waals surface area contributed by atoms with Crippen LogP contribution in [0, 0.1) is 6.92 Å². The summed E-state index contributed by atoms with van der Waals surface area (Å²) in [5.41, 5.74) is 0. The molecule has 2 aromatic heterocycles. The molecular formula is C15H22IN3S2. The molecule has 0 spiro atoms. The van der Waals surface area contributed by atoms with Gasteiger partial charge in [-0.3, -0.25) is 4.99 Å². The number of nitrogens with zero attached hydrogens (tertiary/aromatic N) is 1. The predicted octanol–water partition coefficient (Wildman–Crippen LogP) is 4.16. The summed E-state index contributed by atoms with van der Waals surface area (Å²) < 4.78 is 0. The van der Waals surface area contributed by atoms with Crippen molar-refractivity contribution in [1.82, 2.24) is 10.6 Å². The van der Waals surface area contributed by atoms with Crippen molar-refractivity contribution < 1.29 is 0 Å². The maximum atomic E-state index is 4.26. The molecular weight excluding hydrogens is 413 g/mol. The van der Waals surface area contributed by atoms with Crippen molar-refractivity contribution in [3.05, 3.63) is 43.8 Å². The van der Waals surface area contributed by atoms with Crippen LogP contribution in [0.2, 0.25) is 0 Å². The van der Waals surface area contributed by atoms with Gasteiger partial charge in [-0.1, -0.05) is 6.92 Å². The van der Waals surface area contributed by atoms with Gasteiger partial charge in [0.05, 0.1) is 13.1 Å². The van der Waals surface area contributed by atoms with Gasteiger partial charge in [0.1, 0.15) is 0 Å². The van der Waals surface area contributed by atoms with Crippen LogP contribution >= 0.6 is 46.7 Å². The number of hydrogen-bond donors (Lipinski definition) is 2. The summed E-state index contributed by atoms with van der Waals surface area (Å²) in [6.45, 7) is 5.96. The Morgan fingerprint density at radius 3 is 2.05 bits per heavy atom. The first-order valence-electron chi connectivity index (χ1n) is 6.78. The fourth-order valence-electron chi connectivity index (χ4n) is 1.85. The van der Waals surface area contributed by atoms with Crippen molar-refractivity contribution in [2.45, 2.75) is 33.4 Å². The van der Waals surface area contributed by atoms with E-state index in [1.807, 2.05) is 22.7 Å². The first kappa shape index (κ1) is 18.4. The Hall–Kier alpha value is -0.600. The van der Waals surface area contributed by atoms with Crippen LogP contribution in [0.4, 0.5) is 0 Å². The van der Waals surface area contributed by atoms with Gasteiger partial charge in [-0.15, -0.1) is 46.7 Å². The fraction of sp³-hybridized carbons (Fsp3) is 0.400. The molecule has 0 fully saturated rings. The van der Waals surface area contributed by atoms with Gasteiger partial charge in [0.15, 0.2) is 5.96 Å². The lowest BCUT2D eigenvalue weighted by atomic mass is 10.3. The van der Waals surface area contributed by atoms with Crippen LogP contribution in [0.1, 0.15) is 26.4 Å². The van der Waals surface area contributed by atoms with E-state index in [2.05, 4.69) is 53.7 Å². The highest BCUT2D eigenvalue weighted by molar-refractivity contribution is 14.0. The van der Waals surface area contributed by atoms with E-state index in [0.717, 1.165) is 25.5 Å². The molecule has 6 heteroatoms. The summed E-state index contributed by atoms with van der Waals surface area (Å²) in [6, 6.07) is 8.70. The van der Waals surface area contributed by atoms with Crippen LogP contribution in [-0.2, 0) is 19.5 Å². The molecule has 0 saturated heterocycles. The summed E-state index contributed by atoms with van der Waals surface area (Å²) in [4.78, 5) is 9.70. The summed E-state index contributed by atoms with van der Waals surface area (Å²) in [5.74, 6) is 0.850. The Bertz CT molecular complexity index is 575. The molecule has 0 saturated carbocycles. The van der Waals surface area contributed by atoms with Gasteiger partial charge in [-0.05, 0) is 37.6 Å². The number of nitrogens with one attached hydrogen (secondary N) is 2. The Morgan fingerprint density at radius 1 is 1.00 bits per heavy atom. The zero-order valence-electron chi connectivity index (χ0n) is 12.6. The van der Waals surface area contributed by atoms with Gasteiger partial charge in [0, 0.05) is 26.6 Å². The molecule has 0 radical (unpaired) electrons. The van der Waals surface area contributed by atoms with E-state index in [-0.39, 0.29) is 24.0 Å². The highest BCUT2D eigenvalue weighted by Gasteiger charge is 2.02. The zero-order chi connectivity index (χ0) is 14.4. The number of guanidine groups is 1. The van der Waals surface area contributed by atoms with Gasteiger partial charge in [-0.25, -0.2) is 0 Å². The summed E-state index contributed by atoms with van der Waals surface area (Å²) in [7, 11) is 1.81. The van der Waals surface area contributed by atoms with Gasteiger partial charge < -0.3 is 10.6 Å². The molecule has 0 bridgehead atoms. The van der Waals surface area contributed by atoms with E-state index >= 15 is 0 Å². The van der Waals surface area contributed by atoms with Crippen LogP contribution in [0.5, 0.6) is 0 Å². The van der Waals surface area contributed by atoms with Crippen LogP contribution in [0.15, 0.2) is 29.3 Å². The van der Waals surface area contributed by atoms with Gasteiger partial charge in [-0.2, -0.15) is 0 Å². The van der Waals surface area contributed by atoms with E-state index in [0.29, 0.717) is 0 Å². The van der Waals surface area contributed by atoms with Crippen molar-refractivity contribution in [3.63, 3.8) is 0 Å². The second-order valence-corrected chi connectivity index (χ2v) is 7.14. The van der Waals surface area contributed by atoms with E-state index in [4.69, 9.17) is 0 Å². The minimum Gasteiger partial charge on any atom is -0.352 e. The van der Waals surface area contributed by atoms with Crippen LogP contribution in [0.25, 0.3) is 0 Å². The molecule has 0 amide bonds. The van der Waals surface area contributed by atoms with Crippen LogP contribution in [-0.4, -0.2) is 13.0 Å². The van der Waals surface area contributed by atoms with Gasteiger partial charge in [0.25, 0.3) is 0 Å². The first-order chi connectivity index (χ1) is 9.71. The smallest absolute Gasteiger partial charge is 0.191 e. The molecule has 0 aromatic carbocycles. The molecule has 2 rings (SSSR count). The summed E-state index contributed by atoms with van der Waals surface area (Å²) >= 11 is 3.68. The molecule has 0 aliphatic rings. The van der Waals surface area contributed by atoms with Crippen LogP contribution in [0.3, 0.4) is 0 Å². The summed E-state index contributed by atoms with van der Waals surface area (Å²) in [6.07, 6.45) is 1.11. The topological polar surface area (TPSA) is 36.4 Å². The number of rotatable bonds is 5. The number of hydrogen-bond acceptors (Lipinski definition) is 3. The average Bonchev–Trinajstić information content (AvgIpc) is 3.08. The van der Waals surface area contributed by atoms with E-state index < -0.39 is 0 Å². The molecule has 0 aliphatic heterocycles. The Balaban J connectivity index is 0.00000220. The second-order valence-electron chi connectivity index (χ2n) is 4.51. The SMILES string of the molecule is CCc1ccc(CNC(=NC)NCc2ccc(C)s2)s1.I. The number of aliphatic imine (C=N–C) groups is 1. The maximum Gasteiger partial charge on any atom is 0.191 e. The molecule has 2 N–H and O–H groups in total.